The van der Waals surface area contributed by atoms with E-state index < -0.39 is 60.2 Å². The van der Waals surface area contributed by atoms with Crippen LogP contribution in [0, 0.1) is 10.8 Å². The molecule has 2 N–H and O–H groups in total. The van der Waals surface area contributed by atoms with Crippen LogP contribution in [-0.2, 0) is 26.9 Å². The van der Waals surface area contributed by atoms with E-state index in [2.05, 4.69) is 25.3 Å². The Morgan fingerprint density at radius 1 is 1.11 bits per heavy atom. The number of alkyl halides is 4. The predicted molar refractivity (Wildman–Crippen MR) is 186 cm³/mol. The Kier molecular flexibility index (Phi) is 9.10. The van der Waals surface area contributed by atoms with E-state index in [-0.39, 0.29) is 24.0 Å². The van der Waals surface area contributed by atoms with Crippen molar-refractivity contribution in [1.82, 2.24) is 34.7 Å². The van der Waals surface area contributed by atoms with Gasteiger partial charge < -0.3 is 10.5 Å². The number of carbonyl (C=O) groups is 2. The Labute approximate surface area is 307 Å². The maximum Gasteiger partial charge on any atom is 0.394 e. The lowest BCUT2D eigenvalue weighted by atomic mass is 9.74. The second-order valence-electron chi connectivity index (χ2n) is 14.9. The molecule has 2 aromatic heterocycles. The normalized spacial score (nSPS) is 20.4. The molecule has 0 radical (unpaired) electrons. The van der Waals surface area contributed by atoms with E-state index in [0.717, 1.165) is 31.6 Å². The number of amides is 1. The predicted octanol–water partition coefficient (Wildman–Crippen LogP) is 6.48. The molecule has 12 nitrogen and oxygen atoms in total. The molecule has 4 aromatic rings. The smallest absolute Gasteiger partial charge is 0.394 e. The molecule has 2 fully saturated rings. The van der Waals surface area contributed by atoms with Crippen molar-refractivity contribution in [2.75, 3.05) is 13.3 Å². The number of guanidine groups is 1. The van der Waals surface area contributed by atoms with Gasteiger partial charge in [0, 0.05) is 23.6 Å². The molecule has 3 aliphatic rings. The minimum absolute atomic E-state index is 0.164. The third-order valence-corrected chi connectivity index (χ3v) is 10.8. The summed E-state index contributed by atoms with van der Waals surface area (Å²) in [6.45, 7) is 0.872. The van der Waals surface area contributed by atoms with Crippen LogP contribution in [0.1, 0.15) is 75.6 Å². The summed E-state index contributed by atoms with van der Waals surface area (Å²) < 4.78 is 64.6. The molecular formula is C36H38ClF4N9O3. The van der Waals surface area contributed by atoms with Crippen LogP contribution < -0.4 is 5.73 Å². The van der Waals surface area contributed by atoms with Crippen LogP contribution in [0.5, 0.6) is 0 Å². The van der Waals surface area contributed by atoms with Gasteiger partial charge in [0.2, 0.25) is 0 Å². The van der Waals surface area contributed by atoms with E-state index in [1.54, 1.807) is 60.5 Å². The first-order valence-electron chi connectivity index (χ1n) is 17.2. The van der Waals surface area contributed by atoms with Crippen LogP contribution in [0.25, 0.3) is 22.6 Å². The first-order valence-corrected chi connectivity index (χ1v) is 17.6. The van der Waals surface area contributed by atoms with Gasteiger partial charge in [-0.05, 0) is 55.4 Å². The fraction of sp³-hybridized carbons (Fsp3) is 0.472. The van der Waals surface area contributed by atoms with Gasteiger partial charge in [-0.3, -0.25) is 18.9 Å². The van der Waals surface area contributed by atoms with Gasteiger partial charge in [-0.1, -0.05) is 55.8 Å². The highest BCUT2D eigenvalue weighted by Gasteiger charge is 2.59. The number of benzene rings is 2. The number of hydrogen-bond donors (Lipinski definition) is 1. The Morgan fingerprint density at radius 3 is 2.43 bits per heavy atom. The fourth-order valence-corrected chi connectivity index (χ4v) is 6.90. The number of aliphatic imine (C=N–C) groups is 1. The highest BCUT2D eigenvalue weighted by molar-refractivity contribution is 6.33. The number of nitrogens with two attached hydrogens (primary N) is 1. The van der Waals surface area contributed by atoms with Crippen molar-refractivity contribution in [3.63, 3.8) is 0 Å². The number of ether oxygens (including phenoxy) is 1. The SMILES string of the molecule is Cn1ncnc1-c1cc([C@@H](COC(=O)CC2(CF)CC2)N2C(=O)[C@@](CC(C)(C)C(F)(F)F)(c3ccc(-c4cnn(C5CC5)n4)cc3)N=C2N)ccc1Cl. The van der Waals surface area contributed by atoms with E-state index in [9.17, 15) is 27.2 Å². The number of esters is 1. The molecule has 0 bridgehead atoms. The van der Waals surface area contributed by atoms with Gasteiger partial charge in [-0.15, -0.1) is 0 Å². The van der Waals surface area contributed by atoms with Crippen molar-refractivity contribution >= 4 is 29.4 Å². The number of halogens is 5. The zero-order chi connectivity index (χ0) is 37.9. The van der Waals surface area contributed by atoms with Gasteiger partial charge in [-0.2, -0.15) is 33.3 Å². The topological polar surface area (TPSA) is 146 Å². The van der Waals surface area contributed by atoms with Gasteiger partial charge in [0.25, 0.3) is 5.91 Å². The minimum atomic E-state index is -4.72. The Bertz CT molecular complexity index is 2070. The second kappa shape index (κ2) is 13.2. The van der Waals surface area contributed by atoms with E-state index in [1.165, 1.54) is 11.0 Å². The summed E-state index contributed by atoms with van der Waals surface area (Å²) in [5.74, 6) is -1.52. The summed E-state index contributed by atoms with van der Waals surface area (Å²) in [5, 5.41) is 13.3. The highest BCUT2D eigenvalue weighted by atomic mass is 35.5. The third kappa shape index (κ3) is 6.88. The molecule has 2 saturated carbocycles. The summed E-state index contributed by atoms with van der Waals surface area (Å²) in [5.41, 5.74) is 3.43. The van der Waals surface area contributed by atoms with Crippen LogP contribution >= 0.6 is 11.6 Å². The van der Waals surface area contributed by atoms with Crippen LogP contribution in [-0.4, -0.2) is 72.0 Å². The average molecular weight is 756 g/mol. The van der Waals surface area contributed by atoms with Crippen molar-refractivity contribution in [1.29, 1.82) is 0 Å². The quantitative estimate of drug-likeness (QED) is 0.121. The third-order valence-electron chi connectivity index (χ3n) is 10.4. The fourth-order valence-electron chi connectivity index (χ4n) is 6.70. The first-order chi connectivity index (χ1) is 25.1. The summed E-state index contributed by atoms with van der Waals surface area (Å²) in [6.07, 6.45) is 0.333. The molecule has 2 aliphatic carbocycles. The van der Waals surface area contributed by atoms with Crippen LogP contribution in [0.15, 0.2) is 60.0 Å². The van der Waals surface area contributed by atoms with Crippen LogP contribution in [0.3, 0.4) is 0 Å². The van der Waals surface area contributed by atoms with E-state index in [0.29, 0.717) is 46.1 Å². The molecule has 2 atom stereocenters. The lowest BCUT2D eigenvalue weighted by Crippen LogP contribution is -2.49. The van der Waals surface area contributed by atoms with Crippen molar-refractivity contribution in [2.24, 2.45) is 28.6 Å². The molecule has 2 aromatic carbocycles. The van der Waals surface area contributed by atoms with Crippen LogP contribution in [0.2, 0.25) is 5.02 Å². The molecule has 280 valence electrons. The highest BCUT2D eigenvalue weighted by Crippen LogP contribution is 2.52. The Balaban J connectivity index is 1.28. The lowest BCUT2D eigenvalue weighted by molar-refractivity contribution is -0.218. The van der Waals surface area contributed by atoms with Gasteiger partial charge in [-0.25, -0.2) is 14.7 Å². The van der Waals surface area contributed by atoms with Gasteiger partial charge in [0.15, 0.2) is 17.3 Å². The number of nitrogens with zero attached hydrogens (tertiary/aromatic N) is 8. The molecular weight excluding hydrogens is 718 g/mol. The summed E-state index contributed by atoms with van der Waals surface area (Å²) in [4.78, 5) is 39.5. The zero-order valence-corrected chi connectivity index (χ0v) is 30.0. The molecule has 53 heavy (non-hydrogen) atoms. The van der Waals surface area contributed by atoms with Crippen LogP contribution in [0.4, 0.5) is 17.6 Å². The molecule has 17 heteroatoms. The second-order valence-corrected chi connectivity index (χ2v) is 15.3. The lowest BCUT2D eigenvalue weighted by Gasteiger charge is -2.37. The zero-order valence-electron chi connectivity index (χ0n) is 29.3. The summed E-state index contributed by atoms with van der Waals surface area (Å²) in [6, 6.07) is 10.3. The summed E-state index contributed by atoms with van der Waals surface area (Å²) >= 11 is 6.57. The van der Waals surface area contributed by atoms with Crippen molar-refractivity contribution in [2.45, 2.75) is 76.2 Å². The van der Waals surface area contributed by atoms with Gasteiger partial charge in [0.05, 0.1) is 41.8 Å². The molecule has 0 unspecified atom stereocenters. The maximum absolute atomic E-state index is 15.0. The molecule has 7 rings (SSSR count). The number of rotatable bonds is 13. The first kappa shape index (κ1) is 36.5. The number of aromatic nitrogens is 6. The van der Waals surface area contributed by atoms with Gasteiger partial charge >= 0.3 is 12.1 Å². The van der Waals surface area contributed by atoms with Crippen molar-refractivity contribution < 1.29 is 31.9 Å². The average Bonchev–Trinajstić information content (AvgIpc) is 3.99. The molecule has 3 heterocycles. The molecule has 1 amide bonds. The van der Waals surface area contributed by atoms with Crippen molar-refractivity contribution in [3.05, 3.63) is 71.1 Å². The molecule has 0 saturated heterocycles. The Morgan fingerprint density at radius 2 is 1.83 bits per heavy atom. The maximum atomic E-state index is 15.0. The molecule has 1 aliphatic heterocycles. The summed E-state index contributed by atoms with van der Waals surface area (Å²) in [7, 11) is 1.66. The largest absolute Gasteiger partial charge is 0.463 e. The number of carbonyl (C=O) groups excluding carboxylic acids is 2. The van der Waals surface area contributed by atoms with E-state index in [4.69, 9.17) is 22.1 Å². The van der Waals surface area contributed by atoms with Gasteiger partial charge in [0.1, 0.15) is 18.6 Å². The molecule has 0 spiro atoms. The Hall–Kier alpha value is -4.86. The number of hydrogen-bond acceptors (Lipinski definition) is 9. The van der Waals surface area contributed by atoms with E-state index in [1.807, 2.05) is 0 Å². The minimum Gasteiger partial charge on any atom is -0.463 e. The number of aryl methyl sites for hydroxylation is 1. The van der Waals surface area contributed by atoms with Crippen molar-refractivity contribution in [3.8, 4) is 22.6 Å². The van der Waals surface area contributed by atoms with E-state index >= 15 is 0 Å². The standard InChI is InChI=1S/C36H38ClF4N9O3/c1-33(2,36(39,40)41)18-35(23-7-4-21(5-8-23)27-16-44-50(47-27)24-9-10-24)31(52)49(32(42)46-35)28(17-53-29(51)15-34(19-38)12-13-34)22-6-11-26(37)25(14-22)30-43-20-45-48(30)3/h4-8,11,14,16,20,24,28H,9-10,12-13,15,17-19H2,1-3H3,(H2,42,46)/t28-,35-/m1/s1. The monoisotopic (exact) mass is 755 g/mol.